The van der Waals surface area contributed by atoms with Crippen molar-refractivity contribution in [2.45, 2.75) is 38.5 Å². The van der Waals surface area contributed by atoms with Gasteiger partial charge in [-0.25, -0.2) is 4.98 Å². The molecule has 3 nitrogen and oxygen atoms in total. The molecule has 0 unspecified atom stereocenters. The minimum Gasteiger partial charge on any atom is -0.465 e. The fourth-order valence-electron chi connectivity index (χ4n) is 2.91. The lowest BCUT2D eigenvalue weighted by atomic mass is 9.90. The monoisotopic (exact) mass is 427 g/mol. The van der Waals surface area contributed by atoms with Gasteiger partial charge in [0.15, 0.2) is 0 Å². The first-order chi connectivity index (χ1) is 11.6. The molecule has 1 fully saturated rings. The van der Waals surface area contributed by atoms with E-state index in [1.165, 1.54) is 43.4 Å². The van der Waals surface area contributed by atoms with Crippen molar-refractivity contribution in [3.05, 3.63) is 38.8 Å². The van der Waals surface area contributed by atoms with Gasteiger partial charge in [-0.1, -0.05) is 43.0 Å². The number of aromatic nitrogens is 1. The number of benzene rings is 1. The molecule has 6 heteroatoms. The number of ether oxygens (including phenoxy) is 1. The summed E-state index contributed by atoms with van der Waals surface area (Å²) in [5.41, 5.74) is 1.73. The summed E-state index contributed by atoms with van der Waals surface area (Å²) in [7, 11) is 0. The molecule has 0 bridgehead atoms. The summed E-state index contributed by atoms with van der Waals surface area (Å²) in [6.07, 6.45) is 6.37. The van der Waals surface area contributed by atoms with Crippen LogP contribution in [0.2, 0.25) is 5.02 Å². The van der Waals surface area contributed by atoms with Gasteiger partial charge in [0.2, 0.25) is 0 Å². The largest absolute Gasteiger partial charge is 0.465 e. The van der Waals surface area contributed by atoms with Crippen LogP contribution in [0.25, 0.3) is 10.6 Å². The van der Waals surface area contributed by atoms with Crippen LogP contribution in [0.3, 0.4) is 0 Å². The van der Waals surface area contributed by atoms with Crippen LogP contribution in [0, 0.1) is 5.92 Å². The van der Waals surface area contributed by atoms with Gasteiger partial charge in [0.25, 0.3) is 0 Å². The lowest BCUT2D eigenvalue weighted by Crippen LogP contribution is -2.18. The fourth-order valence-corrected chi connectivity index (χ4v) is 4.54. The van der Waals surface area contributed by atoms with E-state index in [0.717, 1.165) is 20.1 Å². The SMILES string of the molecule is O=C(Cc1nc(-c2ccc(Cl)cc2)sc1Br)OCC1CCCCC1. The van der Waals surface area contributed by atoms with Gasteiger partial charge >= 0.3 is 5.97 Å². The number of nitrogens with zero attached hydrogens (tertiary/aromatic N) is 1. The number of hydrogen-bond donors (Lipinski definition) is 0. The molecule has 0 radical (unpaired) electrons. The third kappa shape index (κ3) is 4.80. The van der Waals surface area contributed by atoms with E-state index in [9.17, 15) is 4.79 Å². The average molecular weight is 429 g/mol. The molecule has 1 saturated carbocycles. The Morgan fingerprint density at radius 2 is 1.96 bits per heavy atom. The summed E-state index contributed by atoms with van der Waals surface area (Å²) in [6, 6.07) is 7.53. The maximum Gasteiger partial charge on any atom is 0.311 e. The molecule has 3 rings (SSSR count). The van der Waals surface area contributed by atoms with Crippen LogP contribution >= 0.6 is 38.9 Å². The molecule has 2 aromatic rings. The summed E-state index contributed by atoms with van der Waals surface area (Å²) in [5, 5.41) is 1.56. The Hall–Kier alpha value is -0.910. The van der Waals surface area contributed by atoms with Crippen molar-refractivity contribution < 1.29 is 9.53 Å². The number of rotatable bonds is 5. The second-order valence-corrected chi connectivity index (χ2v) is 8.86. The number of thiazole rings is 1. The standard InChI is InChI=1S/C18H19BrClNO2S/c19-17-15(10-16(22)23-11-12-4-2-1-3-5-12)21-18(24-17)13-6-8-14(20)9-7-13/h6-9,12H,1-5,10-11H2. The number of carbonyl (C=O) groups excluding carboxylic acids is 1. The molecule has 0 spiro atoms. The van der Waals surface area contributed by atoms with Crippen molar-refractivity contribution in [1.82, 2.24) is 4.98 Å². The maximum atomic E-state index is 12.1. The molecule has 0 N–H and O–H groups in total. The normalized spacial score (nSPS) is 15.4. The van der Waals surface area contributed by atoms with Gasteiger partial charge in [-0.3, -0.25) is 4.79 Å². The first kappa shape index (κ1) is 17.9. The Kier molecular flexibility index (Phi) is 6.31. The van der Waals surface area contributed by atoms with E-state index in [1.54, 1.807) is 0 Å². The van der Waals surface area contributed by atoms with Crippen LogP contribution in [0.1, 0.15) is 37.8 Å². The van der Waals surface area contributed by atoms with Crippen LogP contribution in [0.5, 0.6) is 0 Å². The van der Waals surface area contributed by atoms with E-state index in [2.05, 4.69) is 20.9 Å². The third-order valence-corrected chi connectivity index (χ3v) is 6.39. The molecule has 128 valence electrons. The molecule has 0 saturated heterocycles. The molecular formula is C18H19BrClNO2S. The Balaban J connectivity index is 1.58. The Labute approximate surface area is 159 Å². The minimum atomic E-state index is -0.200. The average Bonchev–Trinajstić information content (AvgIpc) is 2.95. The van der Waals surface area contributed by atoms with Crippen LogP contribution in [-0.2, 0) is 16.0 Å². The van der Waals surface area contributed by atoms with E-state index >= 15 is 0 Å². The van der Waals surface area contributed by atoms with Crippen molar-refractivity contribution in [1.29, 1.82) is 0 Å². The van der Waals surface area contributed by atoms with E-state index in [0.29, 0.717) is 17.5 Å². The summed E-state index contributed by atoms with van der Waals surface area (Å²) in [6.45, 7) is 0.546. The van der Waals surface area contributed by atoms with E-state index in [-0.39, 0.29) is 12.4 Å². The zero-order valence-electron chi connectivity index (χ0n) is 13.3. The van der Waals surface area contributed by atoms with Gasteiger partial charge in [-0.05, 0) is 46.8 Å². The third-order valence-electron chi connectivity index (χ3n) is 4.26. The van der Waals surface area contributed by atoms with Crippen molar-refractivity contribution in [3.8, 4) is 10.6 Å². The molecule has 1 aliphatic carbocycles. The summed E-state index contributed by atoms with van der Waals surface area (Å²) >= 11 is 10.9. The Morgan fingerprint density at radius 1 is 1.25 bits per heavy atom. The van der Waals surface area contributed by atoms with Crippen molar-refractivity contribution >= 4 is 44.8 Å². The van der Waals surface area contributed by atoms with Gasteiger partial charge in [-0.15, -0.1) is 11.3 Å². The quantitative estimate of drug-likeness (QED) is 0.557. The number of carbonyl (C=O) groups is 1. The summed E-state index contributed by atoms with van der Waals surface area (Å²) < 4.78 is 6.34. The lowest BCUT2D eigenvalue weighted by molar-refractivity contribution is -0.144. The van der Waals surface area contributed by atoms with Crippen LogP contribution in [-0.4, -0.2) is 17.6 Å². The number of halogens is 2. The molecule has 1 aromatic carbocycles. The van der Waals surface area contributed by atoms with Gasteiger partial charge < -0.3 is 4.74 Å². The van der Waals surface area contributed by atoms with Crippen LogP contribution in [0.4, 0.5) is 0 Å². The first-order valence-electron chi connectivity index (χ1n) is 8.18. The Bertz CT molecular complexity index is 696. The Morgan fingerprint density at radius 3 is 2.67 bits per heavy atom. The second-order valence-electron chi connectivity index (χ2n) is 6.11. The smallest absolute Gasteiger partial charge is 0.311 e. The van der Waals surface area contributed by atoms with E-state index in [1.807, 2.05) is 24.3 Å². The first-order valence-corrected chi connectivity index (χ1v) is 10.2. The van der Waals surface area contributed by atoms with Crippen molar-refractivity contribution in [3.63, 3.8) is 0 Å². The minimum absolute atomic E-state index is 0.200. The highest BCUT2D eigenvalue weighted by atomic mass is 79.9. The maximum absolute atomic E-state index is 12.1. The number of esters is 1. The zero-order valence-corrected chi connectivity index (χ0v) is 16.4. The van der Waals surface area contributed by atoms with Crippen LogP contribution in [0.15, 0.2) is 28.1 Å². The molecule has 1 heterocycles. The van der Waals surface area contributed by atoms with Crippen molar-refractivity contribution in [2.24, 2.45) is 5.92 Å². The summed E-state index contributed by atoms with van der Waals surface area (Å²) in [4.78, 5) is 16.7. The fraction of sp³-hybridized carbons (Fsp3) is 0.444. The molecule has 0 aliphatic heterocycles. The molecule has 0 amide bonds. The molecule has 0 atom stereocenters. The van der Waals surface area contributed by atoms with Gasteiger partial charge in [-0.2, -0.15) is 0 Å². The predicted molar refractivity (Wildman–Crippen MR) is 101 cm³/mol. The second kappa shape index (κ2) is 8.45. The van der Waals surface area contributed by atoms with E-state index in [4.69, 9.17) is 16.3 Å². The van der Waals surface area contributed by atoms with E-state index < -0.39 is 0 Å². The highest BCUT2D eigenvalue weighted by Gasteiger charge is 2.18. The van der Waals surface area contributed by atoms with Gasteiger partial charge in [0, 0.05) is 10.6 Å². The van der Waals surface area contributed by atoms with Gasteiger partial charge in [0.1, 0.15) is 5.01 Å². The predicted octanol–water partition coefficient (Wildman–Crippen LogP) is 5.89. The summed E-state index contributed by atoms with van der Waals surface area (Å²) in [5.74, 6) is 0.334. The topological polar surface area (TPSA) is 39.2 Å². The molecule has 1 aromatic heterocycles. The van der Waals surface area contributed by atoms with Crippen LogP contribution < -0.4 is 0 Å². The highest BCUT2D eigenvalue weighted by molar-refractivity contribution is 9.11. The molecule has 1 aliphatic rings. The van der Waals surface area contributed by atoms with Crippen molar-refractivity contribution in [2.75, 3.05) is 6.61 Å². The molecule has 24 heavy (non-hydrogen) atoms. The highest BCUT2D eigenvalue weighted by Crippen LogP contribution is 2.33. The lowest BCUT2D eigenvalue weighted by Gasteiger charge is -2.20. The van der Waals surface area contributed by atoms with Gasteiger partial charge in [0.05, 0.1) is 22.5 Å². The molecular weight excluding hydrogens is 410 g/mol. The number of hydrogen-bond acceptors (Lipinski definition) is 4. The zero-order chi connectivity index (χ0) is 16.9.